The van der Waals surface area contributed by atoms with Crippen LogP contribution < -0.4 is 0 Å². The first-order valence-electron chi connectivity index (χ1n) is 2.71. The number of hydrogen-bond acceptors (Lipinski definition) is 5. The average Bonchev–Trinajstić information content (AvgIpc) is 1.93. The molecule has 1 heterocycles. The van der Waals surface area contributed by atoms with Gasteiger partial charge in [-0.3, -0.25) is 0 Å². The fraction of sp³-hybridized carbons (Fsp3) is 0.600. The van der Waals surface area contributed by atoms with Crippen LogP contribution in [0.4, 0.5) is 0 Å². The van der Waals surface area contributed by atoms with Crippen LogP contribution in [0.15, 0.2) is 12.0 Å². The smallest absolute Gasteiger partial charge is 0.226 e. The second-order valence-electron chi connectivity index (χ2n) is 2.00. The van der Waals surface area contributed by atoms with Gasteiger partial charge < -0.3 is 25.2 Å². The molecule has 5 nitrogen and oxygen atoms in total. The van der Waals surface area contributed by atoms with E-state index >= 15 is 0 Å². The lowest BCUT2D eigenvalue weighted by Crippen LogP contribution is -2.42. The molecular formula is C5H8O5. The number of aliphatic hydroxyl groups excluding tert-OH is 4. The Kier molecular flexibility index (Phi) is 1.80. The summed E-state index contributed by atoms with van der Waals surface area (Å²) >= 11 is 0. The van der Waals surface area contributed by atoms with Gasteiger partial charge in [0.15, 0.2) is 5.76 Å². The zero-order valence-electron chi connectivity index (χ0n) is 5.01. The molecule has 0 amide bonds. The molecule has 58 valence electrons. The van der Waals surface area contributed by atoms with Crippen LogP contribution in [-0.2, 0) is 4.74 Å². The van der Waals surface area contributed by atoms with Gasteiger partial charge in [-0.1, -0.05) is 0 Å². The van der Waals surface area contributed by atoms with Crippen molar-refractivity contribution in [2.45, 2.75) is 18.5 Å². The first-order valence-corrected chi connectivity index (χ1v) is 2.71. The second-order valence-corrected chi connectivity index (χ2v) is 2.00. The molecule has 0 bridgehead atoms. The van der Waals surface area contributed by atoms with Crippen molar-refractivity contribution in [1.82, 2.24) is 0 Å². The third-order valence-corrected chi connectivity index (χ3v) is 1.25. The topological polar surface area (TPSA) is 90.2 Å². The van der Waals surface area contributed by atoms with Gasteiger partial charge in [-0.2, -0.15) is 0 Å². The van der Waals surface area contributed by atoms with Gasteiger partial charge in [0.1, 0.15) is 18.5 Å². The lowest BCUT2D eigenvalue weighted by atomic mass is 10.1. The van der Waals surface area contributed by atoms with E-state index in [2.05, 4.69) is 4.74 Å². The Morgan fingerprint density at radius 2 is 1.90 bits per heavy atom. The van der Waals surface area contributed by atoms with Crippen molar-refractivity contribution in [2.75, 3.05) is 0 Å². The molecule has 0 aromatic rings. The van der Waals surface area contributed by atoms with Crippen molar-refractivity contribution < 1.29 is 25.2 Å². The Labute approximate surface area is 56.8 Å². The van der Waals surface area contributed by atoms with Gasteiger partial charge in [0, 0.05) is 0 Å². The molecule has 0 aromatic heterocycles. The van der Waals surface area contributed by atoms with E-state index in [4.69, 9.17) is 20.4 Å². The van der Waals surface area contributed by atoms with Crippen molar-refractivity contribution in [3.63, 3.8) is 0 Å². The van der Waals surface area contributed by atoms with Crippen LogP contribution in [-0.4, -0.2) is 38.9 Å². The molecule has 0 radical (unpaired) electrons. The number of rotatable bonds is 0. The summed E-state index contributed by atoms with van der Waals surface area (Å²) in [5.41, 5.74) is 0. The highest BCUT2D eigenvalue weighted by molar-refractivity contribution is 5.01. The van der Waals surface area contributed by atoms with Crippen LogP contribution in [0, 0.1) is 0 Å². The Balaban J connectivity index is 2.71. The first kappa shape index (κ1) is 7.33. The van der Waals surface area contributed by atoms with E-state index in [-0.39, 0.29) is 0 Å². The van der Waals surface area contributed by atoms with Crippen LogP contribution in [0.2, 0.25) is 0 Å². The van der Waals surface area contributed by atoms with Gasteiger partial charge in [-0.15, -0.1) is 0 Å². The monoisotopic (exact) mass is 148 g/mol. The molecule has 1 aliphatic rings. The van der Waals surface area contributed by atoms with E-state index in [1.807, 2.05) is 0 Å². The minimum absolute atomic E-state index is 0.488. The molecule has 5 heteroatoms. The number of ether oxygens (including phenoxy) is 1. The Bertz CT molecular complexity index is 154. The van der Waals surface area contributed by atoms with Crippen molar-refractivity contribution in [2.24, 2.45) is 0 Å². The first-order chi connectivity index (χ1) is 4.63. The summed E-state index contributed by atoms with van der Waals surface area (Å²) in [4.78, 5) is 0. The van der Waals surface area contributed by atoms with E-state index in [0.29, 0.717) is 0 Å². The summed E-state index contributed by atoms with van der Waals surface area (Å²) in [6.07, 6.45) is -3.61. The molecule has 1 rings (SSSR count). The molecule has 0 aliphatic carbocycles. The number of aliphatic hydroxyl groups is 4. The molecule has 4 N–H and O–H groups in total. The van der Waals surface area contributed by atoms with Crippen LogP contribution in [0.5, 0.6) is 0 Å². The molecule has 1 aliphatic heterocycles. The van der Waals surface area contributed by atoms with Crippen molar-refractivity contribution >= 4 is 0 Å². The van der Waals surface area contributed by atoms with Gasteiger partial charge in [0.2, 0.25) is 6.29 Å². The quantitative estimate of drug-likeness (QED) is 0.334. The van der Waals surface area contributed by atoms with Gasteiger partial charge >= 0.3 is 0 Å². The van der Waals surface area contributed by atoms with E-state index in [9.17, 15) is 0 Å². The highest BCUT2D eigenvalue weighted by Crippen LogP contribution is 2.14. The molecule has 3 atom stereocenters. The summed E-state index contributed by atoms with van der Waals surface area (Å²) < 4.78 is 4.31. The van der Waals surface area contributed by atoms with Crippen molar-refractivity contribution in [1.29, 1.82) is 0 Å². The van der Waals surface area contributed by atoms with Gasteiger partial charge in [0.25, 0.3) is 0 Å². The Morgan fingerprint density at radius 3 is 2.40 bits per heavy atom. The second kappa shape index (κ2) is 2.45. The van der Waals surface area contributed by atoms with Crippen LogP contribution >= 0.6 is 0 Å². The molecule has 0 saturated heterocycles. The molecule has 0 saturated carbocycles. The minimum Gasteiger partial charge on any atom is -0.506 e. The summed E-state index contributed by atoms with van der Waals surface area (Å²) in [7, 11) is 0. The van der Waals surface area contributed by atoms with Gasteiger partial charge in [-0.25, -0.2) is 0 Å². The highest BCUT2D eigenvalue weighted by atomic mass is 16.6. The fourth-order valence-electron chi connectivity index (χ4n) is 0.621. The summed E-state index contributed by atoms with van der Waals surface area (Å²) in [6.45, 7) is 0. The van der Waals surface area contributed by atoms with E-state index < -0.39 is 24.3 Å². The Hall–Kier alpha value is -0.780. The zero-order chi connectivity index (χ0) is 7.72. The fourth-order valence-corrected chi connectivity index (χ4v) is 0.621. The summed E-state index contributed by atoms with van der Waals surface area (Å²) in [5, 5.41) is 35.0. The van der Waals surface area contributed by atoms with Crippen LogP contribution in [0.25, 0.3) is 0 Å². The van der Waals surface area contributed by atoms with Gasteiger partial charge in [0.05, 0.1) is 0 Å². The number of hydrogen-bond donors (Lipinski definition) is 4. The molecule has 10 heavy (non-hydrogen) atoms. The van der Waals surface area contributed by atoms with Crippen LogP contribution in [0.1, 0.15) is 0 Å². The lowest BCUT2D eigenvalue weighted by Gasteiger charge is -2.25. The minimum atomic E-state index is -1.48. The maximum absolute atomic E-state index is 8.81. The molecule has 0 spiro atoms. The van der Waals surface area contributed by atoms with E-state index in [1.165, 1.54) is 0 Å². The van der Waals surface area contributed by atoms with Crippen molar-refractivity contribution in [3.8, 4) is 0 Å². The molecule has 0 fully saturated rings. The predicted molar refractivity (Wildman–Crippen MR) is 29.8 cm³/mol. The molecule has 1 unspecified atom stereocenters. The average molecular weight is 148 g/mol. The third-order valence-electron chi connectivity index (χ3n) is 1.25. The maximum atomic E-state index is 8.81. The predicted octanol–water partition coefficient (Wildman–Crippen LogP) is -1.54. The third kappa shape index (κ3) is 1.06. The summed E-state index contributed by atoms with van der Waals surface area (Å²) in [5.74, 6) is -0.488. The van der Waals surface area contributed by atoms with Crippen LogP contribution in [0.3, 0.4) is 0 Å². The van der Waals surface area contributed by atoms with Gasteiger partial charge in [-0.05, 0) is 0 Å². The highest BCUT2D eigenvalue weighted by Gasteiger charge is 2.32. The SMILES string of the molecule is OC1=COC(O)[C@H](O)[C@@H]1O. The maximum Gasteiger partial charge on any atom is 0.226 e. The molecular weight excluding hydrogens is 140 g/mol. The standard InChI is InChI=1S/C5H8O5/c6-2-1-10-5(9)4(8)3(2)7/h1,3-9H/t3-,4-,5?/m1/s1. The summed E-state index contributed by atoms with van der Waals surface area (Å²) in [6, 6.07) is 0. The van der Waals surface area contributed by atoms with E-state index in [1.54, 1.807) is 0 Å². The van der Waals surface area contributed by atoms with Crippen molar-refractivity contribution in [3.05, 3.63) is 12.0 Å². The molecule has 0 aromatic carbocycles. The van der Waals surface area contributed by atoms with E-state index in [0.717, 1.165) is 6.26 Å². The zero-order valence-corrected chi connectivity index (χ0v) is 5.01. The normalized spacial score (nSPS) is 40.3. The largest absolute Gasteiger partial charge is 0.506 e. The Morgan fingerprint density at radius 1 is 1.30 bits per heavy atom. The lowest BCUT2D eigenvalue weighted by molar-refractivity contribution is -0.177.